The molecule has 0 N–H and O–H groups in total. The molecule has 1 aromatic carbocycles. The number of morpholine rings is 1. The average molecular weight is 493 g/mol. The molecule has 0 unspecified atom stereocenters. The molecule has 0 atom stereocenters. The fourth-order valence-corrected chi connectivity index (χ4v) is 5.47. The van der Waals surface area contributed by atoms with Crippen molar-refractivity contribution < 1.29 is 9.53 Å². The number of hydrogen-bond donors (Lipinski definition) is 0. The number of thiophene rings is 1. The first-order valence-electron chi connectivity index (χ1n) is 9.45. The van der Waals surface area contributed by atoms with Gasteiger partial charge in [0.05, 0.1) is 33.3 Å². The molecule has 1 aliphatic rings. The van der Waals surface area contributed by atoms with Crippen LogP contribution >= 0.6 is 39.0 Å². The van der Waals surface area contributed by atoms with Gasteiger partial charge in [-0.05, 0) is 46.1 Å². The summed E-state index contributed by atoms with van der Waals surface area (Å²) in [5.74, 6) is 1.22. The van der Waals surface area contributed by atoms with Gasteiger partial charge in [0.15, 0.2) is 10.9 Å². The smallest absolute Gasteiger partial charge is 0.232 e. The van der Waals surface area contributed by atoms with Gasteiger partial charge in [0.25, 0.3) is 0 Å². The highest BCUT2D eigenvalue weighted by atomic mass is 79.9. The lowest BCUT2D eigenvalue weighted by Crippen LogP contribution is -2.38. The molecule has 0 aliphatic carbocycles. The van der Waals surface area contributed by atoms with Crippen molar-refractivity contribution in [1.29, 1.82) is 0 Å². The second kappa shape index (κ2) is 9.42. The highest BCUT2D eigenvalue weighted by Crippen LogP contribution is 2.30. The van der Waals surface area contributed by atoms with Crippen LogP contribution in [-0.4, -0.2) is 52.6 Å². The van der Waals surface area contributed by atoms with E-state index in [0.717, 1.165) is 45.0 Å². The standard InChI is InChI=1S/C20H21BrN4O2S2/c1-2-14-5-3-4-6-15(14)25-19(24-9-11-27-12-10-24)22-23-20(25)28-13-16(26)17-7-8-18(21)29-17/h3-8H,2,9-13H2,1H3. The molecule has 1 fully saturated rings. The Labute approximate surface area is 186 Å². The van der Waals surface area contributed by atoms with E-state index in [1.807, 2.05) is 24.3 Å². The molecule has 6 nitrogen and oxygen atoms in total. The summed E-state index contributed by atoms with van der Waals surface area (Å²) in [5, 5.41) is 9.67. The quantitative estimate of drug-likeness (QED) is 0.358. The van der Waals surface area contributed by atoms with Crippen molar-refractivity contribution in [2.45, 2.75) is 18.5 Å². The Hall–Kier alpha value is -1.68. The van der Waals surface area contributed by atoms with E-state index in [0.29, 0.717) is 19.0 Å². The van der Waals surface area contributed by atoms with Crippen LogP contribution in [0.25, 0.3) is 5.69 Å². The van der Waals surface area contributed by atoms with E-state index >= 15 is 0 Å². The number of para-hydroxylation sites is 1. The van der Waals surface area contributed by atoms with E-state index in [1.54, 1.807) is 0 Å². The molecule has 0 bridgehead atoms. The molecular weight excluding hydrogens is 472 g/mol. The zero-order valence-corrected chi connectivity index (χ0v) is 19.2. The summed E-state index contributed by atoms with van der Waals surface area (Å²) in [5.41, 5.74) is 2.28. The number of Topliss-reactive ketones (excluding diaryl/α,β-unsaturated/α-hetero) is 1. The first-order valence-corrected chi connectivity index (χ1v) is 12.0. The number of aromatic nitrogens is 3. The van der Waals surface area contributed by atoms with Gasteiger partial charge in [0, 0.05) is 13.1 Å². The van der Waals surface area contributed by atoms with Crippen LogP contribution in [0.15, 0.2) is 45.3 Å². The van der Waals surface area contributed by atoms with Crippen LogP contribution in [-0.2, 0) is 11.2 Å². The summed E-state index contributed by atoms with van der Waals surface area (Å²) in [6.45, 7) is 5.05. The second-order valence-electron chi connectivity index (χ2n) is 6.52. The molecular formula is C20H21BrN4O2S2. The zero-order valence-electron chi connectivity index (χ0n) is 16.0. The van der Waals surface area contributed by atoms with Gasteiger partial charge in [-0.3, -0.25) is 9.36 Å². The molecule has 0 saturated carbocycles. The number of carbonyl (C=O) groups is 1. The van der Waals surface area contributed by atoms with Crippen LogP contribution in [0.2, 0.25) is 0 Å². The number of halogens is 1. The lowest BCUT2D eigenvalue weighted by atomic mass is 10.1. The SMILES string of the molecule is CCc1ccccc1-n1c(SCC(=O)c2ccc(Br)s2)nnc1N1CCOCC1. The third-order valence-electron chi connectivity index (χ3n) is 4.70. The number of thioether (sulfide) groups is 1. The van der Waals surface area contributed by atoms with Crippen LogP contribution in [0, 0.1) is 0 Å². The summed E-state index contributed by atoms with van der Waals surface area (Å²) in [4.78, 5) is 15.5. The van der Waals surface area contributed by atoms with Crippen molar-refractivity contribution in [1.82, 2.24) is 14.8 Å². The largest absolute Gasteiger partial charge is 0.378 e. The number of nitrogens with zero attached hydrogens (tertiary/aromatic N) is 4. The highest BCUT2D eigenvalue weighted by Gasteiger charge is 2.23. The lowest BCUT2D eigenvalue weighted by molar-refractivity contribution is 0.102. The molecule has 3 heterocycles. The highest BCUT2D eigenvalue weighted by molar-refractivity contribution is 9.11. The third-order valence-corrected chi connectivity index (χ3v) is 7.30. The van der Waals surface area contributed by atoms with E-state index in [9.17, 15) is 4.79 Å². The van der Waals surface area contributed by atoms with E-state index in [2.05, 4.69) is 54.7 Å². The van der Waals surface area contributed by atoms with Crippen molar-refractivity contribution in [2.75, 3.05) is 37.0 Å². The minimum Gasteiger partial charge on any atom is -0.378 e. The van der Waals surface area contributed by atoms with Gasteiger partial charge in [-0.1, -0.05) is 36.9 Å². The molecule has 0 spiro atoms. The lowest BCUT2D eigenvalue weighted by Gasteiger charge is -2.28. The van der Waals surface area contributed by atoms with Gasteiger partial charge >= 0.3 is 0 Å². The van der Waals surface area contributed by atoms with Gasteiger partial charge in [0.2, 0.25) is 5.95 Å². The van der Waals surface area contributed by atoms with Crippen molar-refractivity contribution in [2.24, 2.45) is 0 Å². The van der Waals surface area contributed by atoms with Gasteiger partial charge in [0.1, 0.15) is 0 Å². The summed E-state index contributed by atoms with van der Waals surface area (Å²) < 4.78 is 8.55. The van der Waals surface area contributed by atoms with Crippen LogP contribution in [0.5, 0.6) is 0 Å². The monoisotopic (exact) mass is 492 g/mol. The maximum absolute atomic E-state index is 12.6. The fraction of sp³-hybridized carbons (Fsp3) is 0.350. The molecule has 1 saturated heterocycles. The second-order valence-corrected chi connectivity index (χ2v) is 9.92. The first-order chi connectivity index (χ1) is 14.2. The summed E-state index contributed by atoms with van der Waals surface area (Å²) in [6, 6.07) is 12.1. The Morgan fingerprint density at radius 3 is 2.72 bits per heavy atom. The predicted molar refractivity (Wildman–Crippen MR) is 121 cm³/mol. The number of ether oxygens (including phenoxy) is 1. The number of rotatable bonds is 7. The van der Waals surface area contributed by atoms with Crippen molar-refractivity contribution in [3.63, 3.8) is 0 Å². The van der Waals surface area contributed by atoms with Crippen LogP contribution < -0.4 is 4.90 Å². The number of benzene rings is 1. The molecule has 0 amide bonds. The van der Waals surface area contributed by atoms with E-state index in [1.165, 1.54) is 28.7 Å². The molecule has 4 rings (SSSR count). The third kappa shape index (κ3) is 4.58. The van der Waals surface area contributed by atoms with E-state index < -0.39 is 0 Å². The number of anilines is 1. The maximum Gasteiger partial charge on any atom is 0.232 e. The minimum atomic E-state index is 0.0944. The van der Waals surface area contributed by atoms with E-state index in [4.69, 9.17) is 4.74 Å². The van der Waals surface area contributed by atoms with Crippen LogP contribution in [0.3, 0.4) is 0 Å². The molecule has 29 heavy (non-hydrogen) atoms. The topological polar surface area (TPSA) is 60.2 Å². The summed E-state index contributed by atoms with van der Waals surface area (Å²) in [6.07, 6.45) is 0.906. The number of carbonyl (C=O) groups excluding carboxylic acids is 1. The normalized spacial score (nSPS) is 14.3. The number of hydrogen-bond acceptors (Lipinski definition) is 7. The maximum atomic E-state index is 12.6. The Morgan fingerprint density at radius 1 is 1.21 bits per heavy atom. The Balaban J connectivity index is 1.66. The van der Waals surface area contributed by atoms with Gasteiger partial charge in [-0.15, -0.1) is 21.5 Å². The minimum absolute atomic E-state index is 0.0944. The molecule has 9 heteroatoms. The Kier molecular flexibility index (Phi) is 6.69. The number of ketones is 1. The van der Waals surface area contributed by atoms with E-state index in [-0.39, 0.29) is 5.78 Å². The fourth-order valence-electron chi connectivity index (χ4n) is 3.23. The molecule has 1 aliphatic heterocycles. The van der Waals surface area contributed by atoms with Gasteiger partial charge < -0.3 is 9.64 Å². The van der Waals surface area contributed by atoms with Crippen molar-refractivity contribution >= 4 is 50.8 Å². The molecule has 2 aromatic heterocycles. The van der Waals surface area contributed by atoms with Crippen molar-refractivity contribution in [3.8, 4) is 5.69 Å². The van der Waals surface area contributed by atoms with Crippen LogP contribution in [0.4, 0.5) is 5.95 Å². The van der Waals surface area contributed by atoms with Gasteiger partial charge in [-0.25, -0.2) is 0 Å². The Bertz CT molecular complexity index is 998. The summed E-state index contributed by atoms with van der Waals surface area (Å²) >= 11 is 6.30. The number of aryl methyl sites for hydroxylation is 1. The first kappa shape index (κ1) is 20.6. The molecule has 0 radical (unpaired) electrons. The Morgan fingerprint density at radius 2 is 2.00 bits per heavy atom. The van der Waals surface area contributed by atoms with Crippen LogP contribution in [0.1, 0.15) is 22.2 Å². The summed E-state index contributed by atoms with van der Waals surface area (Å²) in [7, 11) is 0. The zero-order chi connectivity index (χ0) is 20.2. The predicted octanol–water partition coefficient (Wildman–Crippen LogP) is 4.47. The van der Waals surface area contributed by atoms with Crippen molar-refractivity contribution in [3.05, 3.63) is 50.6 Å². The molecule has 152 valence electrons. The molecule has 3 aromatic rings. The van der Waals surface area contributed by atoms with Gasteiger partial charge in [-0.2, -0.15) is 0 Å². The average Bonchev–Trinajstić information content (AvgIpc) is 3.39.